The maximum atomic E-state index is 12.2. The lowest BCUT2D eigenvalue weighted by atomic mass is 10.2. The van der Waals surface area contributed by atoms with E-state index in [2.05, 4.69) is 19.9 Å². The highest BCUT2D eigenvalue weighted by molar-refractivity contribution is 5.89. The van der Waals surface area contributed by atoms with Crippen LogP contribution in [0.25, 0.3) is 22.3 Å². The SMILES string of the molecule is Cn1cnc(-c2nccc3c(=O)[nH]c(CC4CC4)nc23)c1. The van der Waals surface area contributed by atoms with Crippen molar-refractivity contribution < 1.29 is 0 Å². The maximum absolute atomic E-state index is 12.2. The standard InChI is InChI=1S/C15H15N5O/c1-20-7-11(17-8-20)14-13-10(4-5-16-14)15(21)19-12(18-13)6-9-2-3-9/h4-5,7-9H,2-3,6H2,1H3,(H,18,19,21). The normalized spacial score (nSPS) is 14.7. The van der Waals surface area contributed by atoms with E-state index in [9.17, 15) is 4.79 Å². The number of aryl methyl sites for hydroxylation is 1. The molecule has 1 aliphatic rings. The first kappa shape index (κ1) is 12.3. The van der Waals surface area contributed by atoms with Crippen LogP contribution in [-0.4, -0.2) is 24.5 Å². The molecule has 3 aromatic heterocycles. The molecule has 6 heteroatoms. The molecule has 1 aliphatic carbocycles. The van der Waals surface area contributed by atoms with Gasteiger partial charge in [-0.25, -0.2) is 9.97 Å². The molecule has 4 rings (SSSR count). The summed E-state index contributed by atoms with van der Waals surface area (Å²) in [7, 11) is 1.90. The Kier molecular flexibility index (Phi) is 2.63. The van der Waals surface area contributed by atoms with Gasteiger partial charge in [-0.05, 0) is 24.8 Å². The Morgan fingerprint density at radius 2 is 2.24 bits per heavy atom. The predicted molar refractivity (Wildman–Crippen MR) is 78.8 cm³/mol. The van der Waals surface area contributed by atoms with Crippen LogP contribution in [0.2, 0.25) is 0 Å². The topological polar surface area (TPSA) is 76.5 Å². The largest absolute Gasteiger partial charge is 0.340 e. The number of aromatic amines is 1. The number of hydrogen-bond donors (Lipinski definition) is 1. The Bertz CT molecular complexity index is 875. The van der Waals surface area contributed by atoms with Gasteiger partial charge in [0.05, 0.1) is 11.7 Å². The fraction of sp³-hybridized carbons (Fsp3) is 0.333. The molecule has 6 nitrogen and oxygen atoms in total. The van der Waals surface area contributed by atoms with Crippen LogP contribution in [0.3, 0.4) is 0 Å². The van der Waals surface area contributed by atoms with Crippen LogP contribution in [-0.2, 0) is 13.5 Å². The van der Waals surface area contributed by atoms with Gasteiger partial charge in [0.2, 0.25) is 0 Å². The van der Waals surface area contributed by atoms with Crippen molar-refractivity contribution in [2.24, 2.45) is 13.0 Å². The first-order valence-electron chi connectivity index (χ1n) is 7.07. The maximum Gasteiger partial charge on any atom is 0.258 e. The molecule has 0 amide bonds. The summed E-state index contributed by atoms with van der Waals surface area (Å²) in [6, 6.07) is 1.70. The van der Waals surface area contributed by atoms with Gasteiger partial charge in [0, 0.05) is 25.9 Å². The average Bonchev–Trinajstić information content (AvgIpc) is 3.17. The number of aromatic nitrogens is 5. The third kappa shape index (κ3) is 2.22. The van der Waals surface area contributed by atoms with Crippen LogP contribution in [0.15, 0.2) is 29.6 Å². The highest BCUT2D eigenvalue weighted by Crippen LogP contribution is 2.32. The van der Waals surface area contributed by atoms with Gasteiger partial charge < -0.3 is 9.55 Å². The van der Waals surface area contributed by atoms with Crippen molar-refractivity contribution in [3.8, 4) is 11.4 Å². The summed E-state index contributed by atoms with van der Waals surface area (Å²) in [5.74, 6) is 1.42. The van der Waals surface area contributed by atoms with E-state index in [1.165, 1.54) is 12.8 Å². The number of nitrogens with one attached hydrogen (secondary N) is 1. The Hall–Kier alpha value is -2.50. The average molecular weight is 281 g/mol. The van der Waals surface area contributed by atoms with Gasteiger partial charge in [0.15, 0.2) is 0 Å². The Morgan fingerprint density at radius 1 is 1.38 bits per heavy atom. The van der Waals surface area contributed by atoms with E-state index in [1.807, 2.05) is 17.8 Å². The number of hydrogen-bond acceptors (Lipinski definition) is 4. The third-order valence-corrected chi connectivity index (χ3v) is 3.80. The number of rotatable bonds is 3. The first-order chi connectivity index (χ1) is 10.2. The highest BCUT2D eigenvalue weighted by Gasteiger charge is 2.23. The monoisotopic (exact) mass is 281 g/mol. The van der Waals surface area contributed by atoms with Gasteiger partial charge in [0.1, 0.15) is 22.7 Å². The van der Waals surface area contributed by atoms with E-state index in [4.69, 9.17) is 0 Å². The molecule has 3 aromatic rings. The number of nitrogens with zero attached hydrogens (tertiary/aromatic N) is 4. The second-order valence-electron chi connectivity index (χ2n) is 5.64. The van der Waals surface area contributed by atoms with Crippen LogP contribution in [0.1, 0.15) is 18.7 Å². The lowest BCUT2D eigenvalue weighted by Crippen LogP contribution is -2.13. The van der Waals surface area contributed by atoms with Gasteiger partial charge in [0.25, 0.3) is 5.56 Å². The van der Waals surface area contributed by atoms with Crippen LogP contribution in [0.5, 0.6) is 0 Å². The molecule has 0 unspecified atom stereocenters. The van der Waals surface area contributed by atoms with Crippen molar-refractivity contribution in [3.05, 3.63) is 41.0 Å². The van der Waals surface area contributed by atoms with Crippen molar-refractivity contribution >= 4 is 10.9 Å². The molecule has 0 aromatic carbocycles. The number of imidazole rings is 1. The summed E-state index contributed by atoms with van der Waals surface area (Å²) in [5, 5.41) is 0.560. The molecule has 1 N–H and O–H groups in total. The molecule has 1 fully saturated rings. The fourth-order valence-corrected chi connectivity index (χ4v) is 2.53. The summed E-state index contributed by atoms with van der Waals surface area (Å²) >= 11 is 0. The minimum Gasteiger partial charge on any atom is -0.340 e. The molecule has 0 saturated heterocycles. The lowest BCUT2D eigenvalue weighted by molar-refractivity contribution is 0.771. The minimum atomic E-state index is -0.102. The molecule has 106 valence electrons. The molecule has 0 spiro atoms. The fourth-order valence-electron chi connectivity index (χ4n) is 2.53. The minimum absolute atomic E-state index is 0.102. The van der Waals surface area contributed by atoms with Crippen molar-refractivity contribution in [2.75, 3.05) is 0 Å². The van der Waals surface area contributed by atoms with Crippen molar-refractivity contribution in [1.82, 2.24) is 24.5 Å². The molecule has 0 radical (unpaired) electrons. The Labute approximate surface area is 120 Å². The van der Waals surface area contributed by atoms with E-state index in [0.717, 1.165) is 17.9 Å². The van der Waals surface area contributed by atoms with Crippen LogP contribution in [0.4, 0.5) is 0 Å². The number of fused-ring (bicyclic) bond motifs is 1. The van der Waals surface area contributed by atoms with Crippen LogP contribution < -0.4 is 5.56 Å². The van der Waals surface area contributed by atoms with Crippen molar-refractivity contribution in [2.45, 2.75) is 19.3 Å². The van der Waals surface area contributed by atoms with Gasteiger partial charge >= 0.3 is 0 Å². The molecule has 0 atom stereocenters. The van der Waals surface area contributed by atoms with Gasteiger partial charge in [-0.2, -0.15) is 0 Å². The van der Waals surface area contributed by atoms with Crippen LogP contribution in [0, 0.1) is 5.92 Å². The van der Waals surface area contributed by atoms with Gasteiger partial charge in [-0.15, -0.1) is 0 Å². The zero-order chi connectivity index (χ0) is 14.4. The smallest absolute Gasteiger partial charge is 0.258 e. The van der Waals surface area contributed by atoms with E-state index in [-0.39, 0.29) is 5.56 Å². The van der Waals surface area contributed by atoms with Crippen molar-refractivity contribution in [1.29, 1.82) is 0 Å². The molecular weight excluding hydrogens is 266 g/mol. The van der Waals surface area contributed by atoms with E-state index in [1.54, 1.807) is 18.6 Å². The molecule has 21 heavy (non-hydrogen) atoms. The van der Waals surface area contributed by atoms with Gasteiger partial charge in [-0.3, -0.25) is 9.78 Å². The second-order valence-corrected chi connectivity index (χ2v) is 5.64. The summed E-state index contributed by atoms with van der Waals surface area (Å²) in [4.78, 5) is 28.5. The summed E-state index contributed by atoms with van der Waals surface area (Å²) < 4.78 is 1.86. The summed E-state index contributed by atoms with van der Waals surface area (Å²) in [6.45, 7) is 0. The van der Waals surface area contributed by atoms with Crippen molar-refractivity contribution in [3.63, 3.8) is 0 Å². The first-order valence-corrected chi connectivity index (χ1v) is 7.07. The lowest BCUT2D eigenvalue weighted by Gasteiger charge is -2.05. The highest BCUT2D eigenvalue weighted by atomic mass is 16.1. The Morgan fingerprint density at radius 3 is 2.95 bits per heavy atom. The molecule has 1 saturated carbocycles. The molecule has 3 heterocycles. The summed E-state index contributed by atoms with van der Waals surface area (Å²) in [6.07, 6.45) is 8.51. The number of pyridine rings is 1. The van der Waals surface area contributed by atoms with E-state index in [0.29, 0.717) is 22.5 Å². The quantitative estimate of drug-likeness (QED) is 0.792. The predicted octanol–water partition coefficient (Wildman–Crippen LogP) is 1.67. The van der Waals surface area contributed by atoms with E-state index >= 15 is 0 Å². The third-order valence-electron chi connectivity index (χ3n) is 3.80. The number of H-pyrrole nitrogens is 1. The summed E-state index contributed by atoms with van der Waals surface area (Å²) in [5.41, 5.74) is 1.93. The van der Waals surface area contributed by atoms with Crippen LogP contribution >= 0.6 is 0 Å². The Balaban J connectivity index is 1.93. The second kappa shape index (κ2) is 4.51. The van der Waals surface area contributed by atoms with E-state index < -0.39 is 0 Å². The zero-order valence-corrected chi connectivity index (χ0v) is 11.7. The molecule has 0 aliphatic heterocycles. The molecular formula is C15H15N5O. The molecule has 0 bridgehead atoms. The van der Waals surface area contributed by atoms with Gasteiger partial charge in [-0.1, -0.05) is 0 Å². The zero-order valence-electron chi connectivity index (χ0n) is 11.7.